The molecule has 1 amide bonds. The van der Waals surface area contributed by atoms with E-state index in [0.717, 1.165) is 23.8 Å². The lowest BCUT2D eigenvalue weighted by molar-refractivity contribution is -0.138. The number of nitrogens with zero attached hydrogens (tertiary/aromatic N) is 2. The minimum absolute atomic E-state index is 0.00145. The van der Waals surface area contributed by atoms with Crippen LogP contribution in [0.5, 0.6) is 5.75 Å². The number of carbonyl (C=O) groups excluding carboxylic acids is 1. The molecule has 0 unspecified atom stereocenters. The Morgan fingerprint density at radius 2 is 1.75 bits per heavy atom. The Bertz CT molecular complexity index is 1420. The Morgan fingerprint density at radius 1 is 1.05 bits per heavy atom. The van der Waals surface area contributed by atoms with Gasteiger partial charge in [0.15, 0.2) is 0 Å². The third kappa shape index (κ3) is 7.35. The number of hydrogen-bond acceptors (Lipinski definition) is 4. The largest absolute Gasteiger partial charge is 0.493 e. The molecule has 1 aliphatic heterocycles. The van der Waals surface area contributed by atoms with E-state index >= 15 is 0 Å². The highest BCUT2D eigenvalue weighted by Gasteiger charge is 2.43. The van der Waals surface area contributed by atoms with Gasteiger partial charge in [0, 0.05) is 43.5 Å². The molecule has 0 bridgehead atoms. The van der Waals surface area contributed by atoms with E-state index in [0.29, 0.717) is 36.2 Å². The molecule has 0 radical (unpaired) electrons. The van der Waals surface area contributed by atoms with Crippen molar-refractivity contribution in [3.8, 4) is 5.75 Å². The zero-order valence-electron chi connectivity index (χ0n) is 21.9. The molecule has 1 atom stereocenters. The number of ether oxygens (including phenoxy) is 1. The molecule has 40 heavy (non-hydrogen) atoms. The van der Waals surface area contributed by atoms with Gasteiger partial charge in [-0.25, -0.2) is 8.42 Å². The van der Waals surface area contributed by atoms with Crippen molar-refractivity contribution < 1.29 is 31.1 Å². The number of benzene rings is 3. The maximum Gasteiger partial charge on any atom is 0.416 e. The van der Waals surface area contributed by atoms with E-state index in [9.17, 15) is 26.4 Å². The van der Waals surface area contributed by atoms with Gasteiger partial charge in [0.1, 0.15) is 5.75 Å². The molecule has 1 heterocycles. The predicted molar refractivity (Wildman–Crippen MR) is 146 cm³/mol. The van der Waals surface area contributed by atoms with Crippen molar-refractivity contribution in [1.82, 2.24) is 9.21 Å². The monoisotopic (exact) mass is 594 g/mol. The molecule has 3 aromatic carbocycles. The maximum atomic E-state index is 13.5. The SMILES string of the molecule is CN(Cc1ccccc1)C(=O)C[C@]1(COc2ccc(Cl)cc2)CCCN(S(=O)(=O)c2cccc(C(F)(F)F)c2)C1. The number of alkyl halides is 3. The molecular formula is C29H30ClF3N2O4S. The van der Waals surface area contributed by atoms with E-state index in [1.807, 2.05) is 30.3 Å². The van der Waals surface area contributed by atoms with Crippen LogP contribution >= 0.6 is 11.6 Å². The van der Waals surface area contributed by atoms with Crippen molar-refractivity contribution >= 4 is 27.5 Å². The fraction of sp³-hybridized carbons (Fsp3) is 0.345. The van der Waals surface area contributed by atoms with Crippen molar-refractivity contribution in [1.29, 1.82) is 0 Å². The van der Waals surface area contributed by atoms with Gasteiger partial charge in [-0.15, -0.1) is 0 Å². The van der Waals surface area contributed by atoms with Gasteiger partial charge in [0.05, 0.1) is 17.1 Å². The van der Waals surface area contributed by atoms with Crippen LogP contribution in [0.2, 0.25) is 5.02 Å². The van der Waals surface area contributed by atoms with Crippen molar-refractivity contribution in [2.75, 3.05) is 26.7 Å². The van der Waals surface area contributed by atoms with E-state index in [4.69, 9.17) is 16.3 Å². The highest BCUT2D eigenvalue weighted by atomic mass is 35.5. The van der Waals surface area contributed by atoms with Crippen molar-refractivity contribution in [3.05, 3.63) is 95.0 Å². The van der Waals surface area contributed by atoms with Crippen LogP contribution in [0.4, 0.5) is 13.2 Å². The standard InChI is InChI=1S/C29H30ClF3N2O4S/c1-34(19-22-7-3-2-4-8-22)27(36)18-28(21-39-25-13-11-24(30)12-14-25)15-6-16-35(20-28)40(37,38)26-10-5-9-23(17-26)29(31,32)33/h2-5,7-14,17H,6,15-16,18-21H2,1H3/t28-/m1/s1. The summed E-state index contributed by atoms with van der Waals surface area (Å²) in [5.41, 5.74) is -1.00. The minimum atomic E-state index is -4.68. The van der Waals surface area contributed by atoms with Crippen LogP contribution in [-0.4, -0.2) is 50.3 Å². The highest BCUT2D eigenvalue weighted by molar-refractivity contribution is 7.89. The van der Waals surface area contributed by atoms with Gasteiger partial charge in [-0.1, -0.05) is 48.0 Å². The van der Waals surface area contributed by atoms with Gasteiger partial charge < -0.3 is 9.64 Å². The maximum absolute atomic E-state index is 13.5. The quantitative estimate of drug-likeness (QED) is 0.293. The molecule has 214 valence electrons. The van der Waals surface area contributed by atoms with Crippen LogP contribution in [0.3, 0.4) is 0 Å². The summed E-state index contributed by atoms with van der Waals surface area (Å²) >= 11 is 5.98. The van der Waals surface area contributed by atoms with Gasteiger partial charge >= 0.3 is 6.18 Å². The number of sulfonamides is 1. The molecule has 0 spiro atoms. The second-order valence-electron chi connectivity index (χ2n) is 10.1. The third-order valence-electron chi connectivity index (χ3n) is 7.00. The molecule has 1 aliphatic rings. The smallest absolute Gasteiger partial charge is 0.416 e. The minimum Gasteiger partial charge on any atom is -0.493 e. The zero-order chi connectivity index (χ0) is 29.0. The fourth-order valence-electron chi connectivity index (χ4n) is 4.83. The number of carbonyl (C=O) groups is 1. The molecule has 11 heteroatoms. The molecule has 1 fully saturated rings. The molecule has 1 saturated heterocycles. The molecule has 0 N–H and O–H groups in total. The van der Waals surface area contributed by atoms with Crippen LogP contribution in [0.1, 0.15) is 30.4 Å². The highest BCUT2D eigenvalue weighted by Crippen LogP contribution is 2.38. The van der Waals surface area contributed by atoms with Crippen LogP contribution in [0.15, 0.2) is 83.8 Å². The van der Waals surface area contributed by atoms with Gasteiger partial charge in [0.2, 0.25) is 15.9 Å². The summed E-state index contributed by atoms with van der Waals surface area (Å²) in [4.78, 5) is 14.6. The summed E-state index contributed by atoms with van der Waals surface area (Å²) in [7, 11) is -2.59. The van der Waals surface area contributed by atoms with E-state index in [1.54, 1.807) is 36.2 Å². The molecule has 6 nitrogen and oxygen atoms in total. The lowest BCUT2D eigenvalue weighted by Gasteiger charge is -2.42. The molecule has 0 saturated carbocycles. The first-order valence-corrected chi connectivity index (χ1v) is 14.5. The average Bonchev–Trinajstić information content (AvgIpc) is 2.93. The Hall–Kier alpha value is -3.08. The molecular weight excluding hydrogens is 565 g/mol. The Labute approximate surface area is 237 Å². The zero-order valence-corrected chi connectivity index (χ0v) is 23.5. The lowest BCUT2D eigenvalue weighted by Crippen LogP contribution is -2.50. The Kier molecular flexibility index (Phi) is 9.12. The van der Waals surface area contributed by atoms with Gasteiger partial charge in [-0.3, -0.25) is 4.79 Å². The van der Waals surface area contributed by atoms with Crippen molar-refractivity contribution in [3.63, 3.8) is 0 Å². The van der Waals surface area contributed by atoms with Crippen molar-refractivity contribution in [2.24, 2.45) is 5.41 Å². The first kappa shape index (κ1) is 29.9. The summed E-state index contributed by atoms with van der Waals surface area (Å²) in [6.07, 6.45) is -3.77. The number of hydrogen-bond donors (Lipinski definition) is 0. The number of rotatable bonds is 9. The first-order chi connectivity index (χ1) is 18.9. The number of halogens is 4. The molecule has 0 aromatic heterocycles. The van der Waals surface area contributed by atoms with E-state index < -0.39 is 32.1 Å². The second kappa shape index (κ2) is 12.2. The van der Waals surface area contributed by atoms with Crippen LogP contribution < -0.4 is 4.74 Å². The number of piperidine rings is 1. The van der Waals surface area contributed by atoms with E-state index in [1.165, 1.54) is 4.31 Å². The van der Waals surface area contributed by atoms with Gasteiger partial charge in [0.25, 0.3) is 0 Å². The first-order valence-electron chi connectivity index (χ1n) is 12.7. The van der Waals surface area contributed by atoms with Gasteiger partial charge in [-0.2, -0.15) is 17.5 Å². The summed E-state index contributed by atoms with van der Waals surface area (Å²) in [5.74, 6) is 0.314. The van der Waals surface area contributed by atoms with Gasteiger partial charge in [-0.05, 0) is 60.9 Å². The summed E-state index contributed by atoms with van der Waals surface area (Å²) < 4.78 is 74.2. The molecule has 0 aliphatic carbocycles. The average molecular weight is 595 g/mol. The summed E-state index contributed by atoms with van der Waals surface area (Å²) in [6.45, 7) is 0.452. The molecule has 4 rings (SSSR count). The fourth-order valence-corrected chi connectivity index (χ4v) is 6.60. The second-order valence-corrected chi connectivity index (χ2v) is 12.5. The Balaban J connectivity index is 1.59. The summed E-state index contributed by atoms with van der Waals surface area (Å²) in [5, 5.41) is 0.524. The Morgan fingerprint density at radius 3 is 2.42 bits per heavy atom. The summed E-state index contributed by atoms with van der Waals surface area (Å²) in [6, 6.07) is 19.9. The van der Waals surface area contributed by atoms with E-state index in [-0.39, 0.29) is 32.0 Å². The topological polar surface area (TPSA) is 66.9 Å². The van der Waals surface area contributed by atoms with Crippen molar-refractivity contribution in [2.45, 2.75) is 36.9 Å². The third-order valence-corrected chi connectivity index (χ3v) is 9.09. The van der Waals surface area contributed by atoms with Crippen LogP contribution in [-0.2, 0) is 27.5 Å². The van der Waals surface area contributed by atoms with E-state index in [2.05, 4.69) is 0 Å². The van der Waals surface area contributed by atoms with Crippen LogP contribution in [0.25, 0.3) is 0 Å². The predicted octanol–water partition coefficient (Wildman–Crippen LogP) is 6.26. The molecule has 3 aromatic rings. The van der Waals surface area contributed by atoms with Crippen LogP contribution in [0, 0.1) is 5.41 Å². The number of amides is 1. The normalized spacial score (nSPS) is 18.3. The lowest BCUT2D eigenvalue weighted by atomic mass is 9.78.